The Labute approximate surface area is 121 Å². The minimum atomic E-state index is -0.110. The van der Waals surface area contributed by atoms with Gasteiger partial charge in [-0.25, -0.2) is 0 Å². The molecule has 2 N–H and O–H groups in total. The van der Waals surface area contributed by atoms with E-state index in [0.717, 1.165) is 5.75 Å². The lowest BCUT2D eigenvalue weighted by molar-refractivity contribution is -0.124. The van der Waals surface area contributed by atoms with E-state index in [0.29, 0.717) is 13.1 Å². The standard InChI is InChI=1S/C16H26N2O2/c1-12(10-17-4)15(19)18-11-16(2,3)13-6-8-14(20-5)9-7-13/h6-9,12,17H,10-11H2,1-5H3,(H,18,19). The van der Waals surface area contributed by atoms with Gasteiger partial charge in [-0.15, -0.1) is 0 Å². The normalized spacial score (nSPS) is 12.8. The summed E-state index contributed by atoms with van der Waals surface area (Å²) in [6, 6.07) is 7.98. The first-order chi connectivity index (χ1) is 9.40. The summed E-state index contributed by atoms with van der Waals surface area (Å²) in [6.45, 7) is 7.48. The Hall–Kier alpha value is -1.55. The van der Waals surface area contributed by atoms with Gasteiger partial charge < -0.3 is 15.4 Å². The number of carbonyl (C=O) groups is 1. The van der Waals surface area contributed by atoms with Crippen molar-refractivity contribution >= 4 is 5.91 Å². The van der Waals surface area contributed by atoms with E-state index in [4.69, 9.17) is 4.74 Å². The number of hydrogen-bond acceptors (Lipinski definition) is 3. The number of nitrogens with one attached hydrogen (secondary N) is 2. The second-order valence-electron chi connectivity index (χ2n) is 5.79. The number of benzene rings is 1. The van der Waals surface area contributed by atoms with Crippen molar-refractivity contribution in [2.45, 2.75) is 26.2 Å². The van der Waals surface area contributed by atoms with E-state index in [9.17, 15) is 4.79 Å². The van der Waals surface area contributed by atoms with Crippen molar-refractivity contribution in [3.63, 3.8) is 0 Å². The lowest BCUT2D eigenvalue weighted by Crippen LogP contribution is -2.41. The first-order valence-electron chi connectivity index (χ1n) is 6.97. The molecule has 1 unspecified atom stereocenters. The minimum Gasteiger partial charge on any atom is -0.497 e. The van der Waals surface area contributed by atoms with Gasteiger partial charge in [0.25, 0.3) is 0 Å². The van der Waals surface area contributed by atoms with Crippen LogP contribution < -0.4 is 15.4 Å². The molecule has 0 saturated heterocycles. The Kier molecular flexibility index (Phi) is 6.02. The first-order valence-corrected chi connectivity index (χ1v) is 6.97. The average molecular weight is 278 g/mol. The zero-order valence-corrected chi connectivity index (χ0v) is 13.1. The van der Waals surface area contributed by atoms with Crippen molar-refractivity contribution in [2.75, 3.05) is 27.2 Å². The molecule has 0 radical (unpaired) electrons. The van der Waals surface area contributed by atoms with Gasteiger partial charge in [0, 0.05) is 24.4 Å². The minimum absolute atomic E-state index is 0.0216. The lowest BCUT2D eigenvalue weighted by atomic mass is 9.84. The fourth-order valence-electron chi connectivity index (χ4n) is 2.03. The summed E-state index contributed by atoms with van der Waals surface area (Å²) >= 11 is 0. The molecule has 20 heavy (non-hydrogen) atoms. The van der Waals surface area contributed by atoms with Gasteiger partial charge in [0.2, 0.25) is 5.91 Å². The number of methoxy groups -OCH3 is 1. The second kappa shape index (κ2) is 7.29. The maximum atomic E-state index is 11.9. The molecule has 0 heterocycles. The molecule has 112 valence electrons. The maximum Gasteiger partial charge on any atom is 0.224 e. The summed E-state index contributed by atoms with van der Waals surface area (Å²) in [7, 11) is 3.51. The van der Waals surface area contributed by atoms with Crippen LogP contribution in [0.5, 0.6) is 5.75 Å². The number of carbonyl (C=O) groups excluding carboxylic acids is 1. The maximum absolute atomic E-state index is 11.9. The predicted molar refractivity (Wildman–Crippen MR) is 82.1 cm³/mol. The van der Waals surface area contributed by atoms with Gasteiger partial charge in [0.05, 0.1) is 7.11 Å². The van der Waals surface area contributed by atoms with Gasteiger partial charge in [-0.1, -0.05) is 32.9 Å². The van der Waals surface area contributed by atoms with Gasteiger partial charge in [-0.05, 0) is 24.7 Å². The van der Waals surface area contributed by atoms with Crippen LogP contribution in [0.1, 0.15) is 26.3 Å². The highest BCUT2D eigenvalue weighted by Gasteiger charge is 2.22. The van der Waals surface area contributed by atoms with Crippen molar-refractivity contribution in [2.24, 2.45) is 5.92 Å². The van der Waals surface area contributed by atoms with E-state index in [1.807, 2.05) is 38.2 Å². The van der Waals surface area contributed by atoms with Gasteiger partial charge in [0.1, 0.15) is 5.75 Å². The van der Waals surface area contributed by atoms with Crippen molar-refractivity contribution < 1.29 is 9.53 Å². The summed E-state index contributed by atoms with van der Waals surface area (Å²) in [6.07, 6.45) is 0. The van der Waals surface area contributed by atoms with E-state index in [1.165, 1.54) is 5.56 Å². The largest absolute Gasteiger partial charge is 0.497 e. The van der Waals surface area contributed by atoms with Crippen molar-refractivity contribution in [1.29, 1.82) is 0 Å². The van der Waals surface area contributed by atoms with E-state index < -0.39 is 0 Å². The third kappa shape index (κ3) is 4.53. The van der Waals surface area contributed by atoms with Crippen LogP contribution in [0.25, 0.3) is 0 Å². The fourth-order valence-corrected chi connectivity index (χ4v) is 2.03. The van der Waals surface area contributed by atoms with Gasteiger partial charge in [0.15, 0.2) is 0 Å². The Morgan fingerprint density at radius 2 is 1.90 bits per heavy atom. The highest BCUT2D eigenvalue weighted by atomic mass is 16.5. The van der Waals surface area contributed by atoms with E-state index in [-0.39, 0.29) is 17.2 Å². The van der Waals surface area contributed by atoms with Crippen LogP contribution in [0, 0.1) is 5.92 Å². The second-order valence-corrected chi connectivity index (χ2v) is 5.79. The molecule has 0 aliphatic rings. The Morgan fingerprint density at radius 1 is 1.30 bits per heavy atom. The van der Waals surface area contributed by atoms with Crippen molar-refractivity contribution in [3.05, 3.63) is 29.8 Å². The zero-order valence-electron chi connectivity index (χ0n) is 13.1. The highest BCUT2D eigenvalue weighted by Crippen LogP contribution is 2.24. The molecule has 1 atom stereocenters. The molecule has 1 aromatic rings. The van der Waals surface area contributed by atoms with Gasteiger partial charge in [-0.3, -0.25) is 4.79 Å². The molecule has 0 bridgehead atoms. The average Bonchev–Trinajstić information content (AvgIpc) is 2.45. The Balaban J connectivity index is 2.62. The van der Waals surface area contributed by atoms with Crippen LogP contribution >= 0.6 is 0 Å². The Bertz CT molecular complexity index is 427. The molecule has 0 aromatic heterocycles. The third-order valence-electron chi connectivity index (χ3n) is 3.53. The molecule has 4 heteroatoms. The quantitative estimate of drug-likeness (QED) is 0.801. The van der Waals surface area contributed by atoms with E-state index in [1.54, 1.807) is 7.11 Å². The van der Waals surface area contributed by atoms with Crippen molar-refractivity contribution in [3.8, 4) is 5.75 Å². The molecular weight excluding hydrogens is 252 g/mol. The molecule has 0 aliphatic carbocycles. The number of ether oxygens (including phenoxy) is 1. The molecule has 0 fully saturated rings. The molecular formula is C16H26N2O2. The monoisotopic (exact) mass is 278 g/mol. The van der Waals surface area contributed by atoms with E-state index in [2.05, 4.69) is 24.5 Å². The van der Waals surface area contributed by atoms with Crippen LogP contribution in [0.3, 0.4) is 0 Å². The predicted octanol–water partition coefficient (Wildman–Crippen LogP) is 1.94. The summed E-state index contributed by atoms with van der Waals surface area (Å²) in [5.74, 6) is 0.906. The SMILES string of the molecule is CNCC(C)C(=O)NCC(C)(C)c1ccc(OC)cc1. The lowest BCUT2D eigenvalue weighted by Gasteiger charge is -2.26. The molecule has 0 saturated carbocycles. The summed E-state index contributed by atoms with van der Waals surface area (Å²) in [5, 5.41) is 6.04. The zero-order chi connectivity index (χ0) is 15.2. The molecule has 1 aromatic carbocycles. The van der Waals surface area contributed by atoms with Crippen molar-refractivity contribution in [1.82, 2.24) is 10.6 Å². The van der Waals surface area contributed by atoms with Gasteiger partial charge in [-0.2, -0.15) is 0 Å². The topological polar surface area (TPSA) is 50.4 Å². The number of amides is 1. The molecule has 0 spiro atoms. The van der Waals surface area contributed by atoms with Crippen LogP contribution in [-0.2, 0) is 10.2 Å². The smallest absolute Gasteiger partial charge is 0.224 e. The molecule has 1 rings (SSSR count). The third-order valence-corrected chi connectivity index (χ3v) is 3.53. The summed E-state index contributed by atoms with van der Waals surface area (Å²) < 4.78 is 5.16. The van der Waals surface area contributed by atoms with Gasteiger partial charge >= 0.3 is 0 Å². The molecule has 0 aliphatic heterocycles. The number of hydrogen-bond donors (Lipinski definition) is 2. The van der Waals surface area contributed by atoms with Crippen LogP contribution in [-0.4, -0.2) is 33.2 Å². The highest BCUT2D eigenvalue weighted by molar-refractivity contribution is 5.78. The van der Waals surface area contributed by atoms with Crippen LogP contribution in [0.2, 0.25) is 0 Å². The van der Waals surface area contributed by atoms with Crippen LogP contribution in [0.15, 0.2) is 24.3 Å². The first kappa shape index (κ1) is 16.5. The van der Waals surface area contributed by atoms with E-state index >= 15 is 0 Å². The summed E-state index contributed by atoms with van der Waals surface area (Å²) in [4.78, 5) is 11.9. The Morgan fingerprint density at radius 3 is 2.40 bits per heavy atom. The molecule has 4 nitrogen and oxygen atoms in total. The summed E-state index contributed by atoms with van der Waals surface area (Å²) in [5.41, 5.74) is 1.07. The van der Waals surface area contributed by atoms with Crippen LogP contribution in [0.4, 0.5) is 0 Å². The number of rotatable bonds is 7. The molecule has 1 amide bonds. The fraction of sp³-hybridized carbons (Fsp3) is 0.562.